The normalized spacial score (nSPS) is 10.8. The van der Waals surface area contributed by atoms with E-state index < -0.39 is 23.2 Å². The van der Waals surface area contributed by atoms with Crippen molar-refractivity contribution in [3.05, 3.63) is 89.7 Å². The van der Waals surface area contributed by atoms with Gasteiger partial charge in [0.2, 0.25) is 5.88 Å². The molecule has 6 nitrogen and oxygen atoms in total. The van der Waals surface area contributed by atoms with E-state index in [1.165, 1.54) is 35.9 Å². The van der Waals surface area contributed by atoms with Crippen molar-refractivity contribution in [3.8, 4) is 40.1 Å². The van der Waals surface area contributed by atoms with E-state index in [1.54, 1.807) is 48.5 Å². The molecule has 0 unspecified atom stereocenters. The van der Waals surface area contributed by atoms with E-state index in [4.69, 9.17) is 9.47 Å². The fraction of sp³-hybridized carbons (Fsp3) is 0.115. The summed E-state index contributed by atoms with van der Waals surface area (Å²) in [7, 11) is 1.53. The van der Waals surface area contributed by atoms with Crippen molar-refractivity contribution >= 4 is 5.78 Å². The second-order valence-corrected chi connectivity index (χ2v) is 7.22. The van der Waals surface area contributed by atoms with E-state index >= 15 is 0 Å². The minimum atomic E-state index is -0.566. The fourth-order valence-corrected chi connectivity index (χ4v) is 3.64. The molecular formula is C26H22FNO5. The zero-order valence-corrected chi connectivity index (χ0v) is 18.1. The van der Waals surface area contributed by atoms with Gasteiger partial charge in [-0.25, -0.2) is 4.39 Å². The van der Waals surface area contributed by atoms with Crippen molar-refractivity contribution in [2.75, 3.05) is 13.7 Å². The van der Waals surface area contributed by atoms with Gasteiger partial charge >= 0.3 is 0 Å². The molecule has 33 heavy (non-hydrogen) atoms. The lowest BCUT2D eigenvalue weighted by molar-refractivity contribution is 0.103. The molecule has 3 aromatic carbocycles. The highest BCUT2D eigenvalue weighted by Crippen LogP contribution is 2.44. The van der Waals surface area contributed by atoms with Gasteiger partial charge in [-0.2, -0.15) is 0 Å². The number of carbonyl (C=O) groups excluding carboxylic acids is 1. The molecule has 0 fully saturated rings. The summed E-state index contributed by atoms with van der Waals surface area (Å²) in [6, 6.07) is 18.7. The van der Waals surface area contributed by atoms with Gasteiger partial charge < -0.3 is 19.7 Å². The summed E-state index contributed by atoms with van der Waals surface area (Å²) in [5, 5.41) is 21.7. The van der Waals surface area contributed by atoms with Crippen LogP contribution in [-0.4, -0.2) is 34.3 Å². The second kappa shape index (κ2) is 9.08. The van der Waals surface area contributed by atoms with Gasteiger partial charge in [0.05, 0.1) is 25.0 Å². The Morgan fingerprint density at radius 3 is 2.09 bits per heavy atom. The maximum Gasteiger partial charge on any atom is 0.240 e. The maximum atomic E-state index is 13.6. The van der Waals surface area contributed by atoms with Crippen molar-refractivity contribution < 1.29 is 28.9 Å². The van der Waals surface area contributed by atoms with Crippen LogP contribution in [0.2, 0.25) is 0 Å². The van der Waals surface area contributed by atoms with Crippen LogP contribution in [0, 0.1) is 5.82 Å². The third-order valence-electron chi connectivity index (χ3n) is 5.22. The van der Waals surface area contributed by atoms with Crippen LogP contribution in [0.1, 0.15) is 22.8 Å². The molecule has 0 atom stereocenters. The molecule has 4 rings (SSSR count). The van der Waals surface area contributed by atoms with Gasteiger partial charge in [0.1, 0.15) is 17.3 Å². The average molecular weight is 447 g/mol. The van der Waals surface area contributed by atoms with Crippen molar-refractivity contribution in [2.24, 2.45) is 0 Å². The lowest BCUT2D eigenvalue weighted by Crippen LogP contribution is -2.05. The molecule has 1 heterocycles. The van der Waals surface area contributed by atoms with Crippen LogP contribution in [0.25, 0.3) is 16.9 Å². The molecule has 0 amide bonds. The highest BCUT2D eigenvalue weighted by molar-refractivity contribution is 6.15. The maximum absolute atomic E-state index is 13.6. The Labute approximate surface area is 190 Å². The summed E-state index contributed by atoms with van der Waals surface area (Å²) in [6.45, 7) is 2.35. The molecule has 0 aliphatic rings. The number of ketones is 1. The van der Waals surface area contributed by atoms with E-state index in [1.807, 2.05) is 6.92 Å². The average Bonchev–Trinajstić information content (AvgIpc) is 3.10. The molecule has 0 aliphatic heterocycles. The standard InChI is InChI=1S/C26H22FNO5/c1-3-33-21-12-6-17(7-13-21)24(29)22-23(16-4-8-18(27)9-5-16)28(26(31)25(22)30)19-10-14-20(32-2)15-11-19/h4-15,30-31H,3H2,1-2H3. The summed E-state index contributed by atoms with van der Waals surface area (Å²) in [4.78, 5) is 13.5. The number of hydrogen-bond donors (Lipinski definition) is 2. The first-order valence-electron chi connectivity index (χ1n) is 10.3. The van der Waals surface area contributed by atoms with E-state index in [2.05, 4.69) is 0 Å². The monoisotopic (exact) mass is 447 g/mol. The predicted molar refractivity (Wildman–Crippen MR) is 122 cm³/mol. The van der Waals surface area contributed by atoms with Gasteiger partial charge in [0.25, 0.3) is 0 Å². The second-order valence-electron chi connectivity index (χ2n) is 7.22. The zero-order valence-electron chi connectivity index (χ0n) is 18.1. The van der Waals surface area contributed by atoms with Gasteiger partial charge in [-0.05, 0) is 85.3 Å². The van der Waals surface area contributed by atoms with Crippen molar-refractivity contribution in [1.29, 1.82) is 0 Å². The Morgan fingerprint density at radius 1 is 0.909 bits per heavy atom. The minimum Gasteiger partial charge on any atom is -0.503 e. The summed E-state index contributed by atoms with van der Waals surface area (Å²) >= 11 is 0. The van der Waals surface area contributed by atoms with E-state index in [9.17, 15) is 19.4 Å². The molecule has 4 aromatic rings. The lowest BCUT2D eigenvalue weighted by Gasteiger charge is -2.13. The number of hydrogen-bond acceptors (Lipinski definition) is 5. The van der Waals surface area contributed by atoms with E-state index in [0.717, 1.165) is 0 Å². The van der Waals surface area contributed by atoms with Gasteiger partial charge in [-0.1, -0.05) is 0 Å². The molecule has 0 radical (unpaired) electrons. The smallest absolute Gasteiger partial charge is 0.240 e. The SMILES string of the molecule is CCOc1ccc(C(=O)c2c(O)c(O)n(-c3ccc(OC)cc3)c2-c2ccc(F)cc2)cc1. The number of nitrogens with zero attached hydrogens (tertiary/aromatic N) is 1. The Hall–Kier alpha value is -4.26. The first-order valence-corrected chi connectivity index (χ1v) is 10.3. The molecule has 168 valence electrons. The van der Waals surface area contributed by atoms with Crippen molar-refractivity contribution in [2.45, 2.75) is 6.92 Å². The largest absolute Gasteiger partial charge is 0.503 e. The molecule has 7 heteroatoms. The van der Waals surface area contributed by atoms with Crippen LogP contribution in [0.4, 0.5) is 4.39 Å². The Morgan fingerprint density at radius 2 is 1.52 bits per heavy atom. The van der Waals surface area contributed by atoms with Gasteiger partial charge in [0.15, 0.2) is 11.5 Å². The number of ether oxygens (including phenoxy) is 2. The van der Waals surface area contributed by atoms with Gasteiger partial charge in [0, 0.05) is 11.3 Å². The fourth-order valence-electron chi connectivity index (χ4n) is 3.64. The third-order valence-corrected chi connectivity index (χ3v) is 5.22. The molecule has 2 N–H and O–H groups in total. The van der Waals surface area contributed by atoms with Crippen LogP contribution in [0.3, 0.4) is 0 Å². The number of benzene rings is 3. The van der Waals surface area contributed by atoms with Gasteiger partial charge in [-0.3, -0.25) is 9.36 Å². The Kier molecular flexibility index (Phi) is 6.04. The molecule has 0 saturated heterocycles. The summed E-state index contributed by atoms with van der Waals surface area (Å²) < 4.78 is 25.6. The van der Waals surface area contributed by atoms with Crippen LogP contribution >= 0.6 is 0 Å². The Balaban J connectivity index is 1.92. The first-order chi connectivity index (χ1) is 15.9. The van der Waals surface area contributed by atoms with Gasteiger partial charge in [-0.15, -0.1) is 0 Å². The summed E-state index contributed by atoms with van der Waals surface area (Å²) in [6.07, 6.45) is 0. The number of aromatic nitrogens is 1. The van der Waals surface area contributed by atoms with E-state index in [-0.39, 0.29) is 11.3 Å². The van der Waals surface area contributed by atoms with Crippen LogP contribution in [0.15, 0.2) is 72.8 Å². The van der Waals surface area contributed by atoms with E-state index in [0.29, 0.717) is 34.9 Å². The number of rotatable bonds is 7. The number of carbonyl (C=O) groups is 1. The predicted octanol–water partition coefficient (Wildman–Crippen LogP) is 5.33. The lowest BCUT2D eigenvalue weighted by atomic mass is 9.99. The van der Waals surface area contributed by atoms with Crippen LogP contribution in [0.5, 0.6) is 23.1 Å². The van der Waals surface area contributed by atoms with Crippen molar-refractivity contribution in [3.63, 3.8) is 0 Å². The van der Waals surface area contributed by atoms with Crippen molar-refractivity contribution in [1.82, 2.24) is 4.57 Å². The number of halogens is 1. The van der Waals surface area contributed by atoms with Crippen LogP contribution in [-0.2, 0) is 0 Å². The molecule has 0 aliphatic carbocycles. The molecule has 0 saturated carbocycles. The molecule has 0 spiro atoms. The minimum absolute atomic E-state index is 0.0981. The summed E-state index contributed by atoms with van der Waals surface area (Å²) in [5.74, 6) is -0.816. The Bertz CT molecular complexity index is 1280. The number of aromatic hydroxyl groups is 2. The molecule has 0 bridgehead atoms. The highest BCUT2D eigenvalue weighted by Gasteiger charge is 2.30. The summed E-state index contributed by atoms with van der Waals surface area (Å²) in [5.41, 5.74) is 1.35. The molecular weight excluding hydrogens is 425 g/mol. The quantitative estimate of drug-likeness (QED) is 0.374. The highest BCUT2D eigenvalue weighted by atomic mass is 19.1. The zero-order chi connectivity index (χ0) is 23.5. The molecule has 1 aromatic heterocycles. The first kappa shape index (κ1) is 22.0. The topological polar surface area (TPSA) is 80.9 Å². The van der Waals surface area contributed by atoms with Crippen LogP contribution < -0.4 is 9.47 Å². The number of methoxy groups -OCH3 is 1. The third kappa shape index (κ3) is 4.13.